The molecule has 31 heavy (non-hydrogen) atoms. The van der Waals surface area contributed by atoms with E-state index in [0.29, 0.717) is 30.4 Å². The van der Waals surface area contributed by atoms with E-state index in [2.05, 4.69) is 48.6 Å². The van der Waals surface area contributed by atoms with Crippen molar-refractivity contribution in [3.63, 3.8) is 0 Å². The molecule has 4 rings (SSSR count). The van der Waals surface area contributed by atoms with Gasteiger partial charge in [-0.25, -0.2) is 8.42 Å². The van der Waals surface area contributed by atoms with Crippen LogP contribution < -0.4 is 5.32 Å². The van der Waals surface area contributed by atoms with E-state index in [0.717, 1.165) is 24.9 Å². The van der Waals surface area contributed by atoms with Crippen LogP contribution in [0.2, 0.25) is 0 Å². The molecule has 1 heterocycles. The van der Waals surface area contributed by atoms with Gasteiger partial charge in [-0.2, -0.15) is 4.31 Å². The highest BCUT2D eigenvalue weighted by Crippen LogP contribution is 2.27. The Labute approximate surface area is 186 Å². The Balaban J connectivity index is 1.34. The molecule has 0 bridgehead atoms. The summed E-state index contributed by atoms with van der Waals surface area (Å²) in [7, 11) is -3.44. The lowest BCUT2D eigenvalue weighted by atomic mass is 9.91. The van der Waals surface area contributed by atoms with Crippen molar-refractivity contribution in [1.29, 1.82) is 0 Å². The third kappa shape index (κ3) is 5.35. The minimum absolute atomic E-state index is 0.371. The van der Waals surface area contributed by atoms with Gasteiger partial charge in [0.15, 0.2) is 0 Å². The first-order valence-electron chi connectivity index (χ1n) is 10.9. The summed E-state index contributed by atoms with van der Waals surface area (Å²) in [5.41, 5.74) is 4.73. The van der Waals surface area contributed by atoms with Gasteiger partial charge in [-0.1, -0.05) is 54.6 Å². The van der Waals surface area contributed by atoms with Crippen molar-refractivity contribution < 1.29 is 8.42 Å². The van der Waals surface area contributed by atoms with Crippen molar-refractivity contribution in [3.8, 4) is 0 Å². The van der Waals surface area contributed by atoms with Crippen LogP contribution in [0.5, 0.6) is 0 Å². The summed E-state index contributed by atoms with van der Waals surface area (Å²) in [6.45, 7) is 3.99. The fraction of sp³-hybridized carbons (Fsp3) is 0.308. The van der Waals surface area contributed by atoms with E-state index in [1.807, 2.05) is 30.3 Å². The minimum atomic E-state index is -3.44. The van der Waals surface area contributed by atoms with Gasteiger partial charge in [-0.15, -0.1) is 0 Å². The van der Waals surface area contributed by atoms with Gasteiger partial charge >= 0.3 is 0 Å². The van der Waals surface area contributed by atoms with E-state index >= 15 is 0 Å². The quantitative estimate of drug-likeness (QED) is 0.552. The van der Waals surface area contributed by atoms with Gasteiger partial charge in [-0.05, 0) is 73.1 Å². The van der Waals surface area contributed by atoms with Crippen LogP contribution in [0, 0.1) is 12.8 Å². The van der Waals surface area contributed by atoms with Crippen LogP contribution >= 0.6 is 0 Å². The maximum atomic E-state index is 13.1. The minimum Gasteiger partial charge on any atom is -0.381 e. The largest absolute Gasteiger partial charge is 0.381 e. The van der Waals surface area contributed by atoms with Crippen LogP contribution in [0.25, 0.3) is 0 Å². The maximum Gasteiger partial charge on any atom is 0.243 e. The first-order chi connectivity index (χ1) is 15.0. The normalized spacial score (nSPS) is 15.6. The second-order valence-corrected chi connectivity index (χ2v) is 10.3. The third-order valence-electron chi connectivity index (χ3n) is 6.18. The Morgan fingerprint density at radius 2 is 1.52 bits per heavy atom. The Morgan fingerprint density at radius 3 is 2.19 bits per heavy atom. The molecule has 1 saturated heterocycles. The Bertz CT molecular complexity index is 1090. The number of piperidine rings is 1. The predicted molar refractivity (Wildman–Crippen MR) is 127 cm³/mol. The maximum absolute atomic E-state index is 13.1. The smallest absolute Gasteiger partial charge is 0.243 e. The molecule has 0 unspecified atom stereocenters. The molecule has 4 nitrogen and oxygen atoms in total. The van der Waals surface area contributed by atoms with E-state index in [4.69, 9.17) is 0 Å². The molecule has 162 valence electrons. The van der Waals surface area contributed by atoms with Crippen LogP contribution in [0.1, 0.15) is 29.5 Å². The van der Waals surface area contributed by atoms with Gasteiger partial charge in [0.2, 0.25) is 10.0 Å². The lowest BCUT2D eigenvalue weighted by molar-refractivity contribution is 0.273. The fourth-order valence-electron chi connectivity index (χ4n) is 4.20. The SMILES string of the molecule is Cc1ccccc1CNc1ccc(S(=O)(=O)N2CCC(Cc3ccccc3)CC2)cc1. The van der Waals surface area contributed by atoms with Crippen LogP contribution in [0.15, 0.2) is 83.8 Å². The van der Waals surface area contributed by atoms with Crippen molar-refractivity contribution in [3.05, 3.63) is 95.6 Å². The van der Waals surface area contributed by atoms with E-state index < -0.39 is 10.0 Å². The van der Waals surface area contributed by atoms with Crippen molar-refractivity contribution in [1.82, 2.24) is 4.31 Å². The summed E-state index contributed by atoms with van der Waals surface area (Å²) >= 11 is 0. The predicted octanol–water partition coefficient (Wildman–Crippen LogP) is 5.25. The zero-order valence-corrected chi connectivity index (χ0v) is 18.8. The highest BCUT2D eigenvalue weighted by atomic mass is 32.2. The number of hydrogen-bond acceptors (Lipinski definition) is 3. The molecule has 3 aromatic rings. The molecule has 0 aromatic heterocycles. The Hall–Kier alpha value is -2.63. The number of sulfonamides is 1. The zero-order chi connectivity index (χ0) is 21.7. The number of nitrogens with zero attached hydrogens (tertiary/aromatic N) is 1. The van der Waals surface area contributed by atoms with Gasteiger partial charge in [-0.3, -0.25) is 0 Å². The molecular formula is C26H30N2O2S. The van der Waals surface area contributed by atoms with Crippen molar-refractivity contribution in [2.75, 3.05) is 18.4 Å². The molecule has 5 heteroatoms. The first kappa shape index (κ1) is 21.6. The monoisotopic (exact) mass is 434 g/mol. The van der Waals surface area contributed by atoms with Gasteiger partial charge in [0.05, 0.1) is 4.90 Å². The molecule has 3 aromatic carbocycles. The molecule has 0 amide bonds. The molecular weight excluding hydrogens is 404 g/mol. The van der Waals surface area contributed by atoms with Gasteiger partial charge < -0.3 is 5.32 Å². The van der Waals surface area contributed by atoms with E-state index in [9.17, 15) is 8.42 Å². The van der Waals surface area contributed by atoms with E-state index in [1.54, 1.807) is 16.4 Å². The second-order valence-electron chi connectivity index (χ2n) is 8.34. The van der Waals surface area contributed by atoms with Crippen molar-refractivity contribution >= 4 is 15.7 Å². The van der Waals surface area contributed by atoms with Crippen LogP contribution in [-0.2, 0) is 23.0 Å². The van der Waals surface area contributed by atoms with Gasteiger partial charge in [0.1, 0.15) is 0 Å². The summed E-state index contributed by atoms with van der Waals surface area (Å²) in [6.07, 6.45) is 2.84. The number of hydrogen-bond donors (Lipinski definition) is 1. The van der Waals surface area contributed by atoms with Crippen molar-refractivity contribution in [2.45, 2.75) is 37.6 Å². The lowest BCUT2D eigenvalue weighted by Crippen LogP contribution is -2.38. The molecule has 0 saturated carbocycles. The number of benzene rings is 3. The number of rotatable bonds is 7. The molecule has 0 aliphatic carbocycles. The Morgan fingerprint density at radius 1 is 0.871 bits per heavy atom. The fourth-order valence-corrected chi connectivity index (χ4v) is 5.67. The van der Waals surface area contributed by atoms with Gasteiger partial charge in [0, 0.05) is 25.3 Å². The zero-order valence-electron chi connectivity index (χ0n) is 18.0. The molecule has 0 atom stereocenters. The van der Waals surface area contributed by atoms with Crippen LogP contribution in [0.4, 0.5) is 5.69 Å². The summed E-state index contributed by atoms with van der Waals surface area (Å²) in [5, 5.41) is 3.38. The highest BCUT2D eigenvalue weighted by Gasteiger charge is 2.29. The number of anilines is 1. The van der Waals surface area contributed by atoms with Crippen LogP contribution in [0.3, 0.4) is 0 Å². The second kappa shape index (κ2) is 9.67. The molecule has 1 aliphatic heterocycles. The highest BCUT2D eigenvalue weighted by molar-refractivity contribution is 7.89. The number of nitrogens with one attached hydrogen (secondary N) is 1. The topological polar surface area (TPSA) is 49.4 Å². The van der Waals surface area contributed by atoms with Gasteiger partial charge in [0.25, 0.3) is 0 Å². The molecule has 1 aliphatic rings. The van der Waals surface area contributed by atoms with E-state index in [-0.39, 0.29) is 0 Å². The average molecular weight is 435 g/mol. The van der Waals surface area contributed by atoms with E-state index in [1.165, 1.54) is 16.7 Å². The summed E-state index contributed by atoms with van der Waals surface area (Å²) in [4.78, 5) is 0.371. The number of aryl methyl sites for hydroxylation is 1. The molecule has 0 radical (unpaired) electrons. The third-order valence-corrected chi connectivity index (χ3v) is 8.09. The van der Waals surface area contributed by atoms with Crippen LogP contribution in [-0.4, -0.2) is 25.8 Å². The summed E-state index contributed by atoms with van der Waals surface area (Å²) < 4.78 is 27.8. The first-order valence-corrected chi connectivity index (χ1v) is 12.4. The lowest BCUT2D eigenvalue weighted by Gasteiger charge is -2.31. The summed E-state index contributed by atoms with van der Waals surface area (Å²) in [6, 6.07) is 25.8. The standard InChI is InChI=1S/C26H30N2O2S/c1-21-7-5-6-10-24(21)20-27-25-11-13-26(14-12-25)31(29,30)28-17-15-23(16-18-28)19-22-8-3-2-4-9-22/h2-14,23,27H,15-20H2,1H3. The molecule has 1 N–H and O–H groups in total. The molecule has 0 spiro atoms. The summed E-state index contributed by atoms with van der Waals surface area (Å²) in [5.74, 6) is 0.543. The van der Waals surface area contributed by atoms with Crippen molar-refractivity contribution in [2.24, 2.45) is 5.92 Å². The average Bonchev–Trinajstić information content (AvgIpc) is 2.80. The Kier molecular flexibility index (Phi) is 6.73. The molecule has 1 fully saturated rings.